The summed E-state index contributed by atoms with van der Waals surface area (Å²) in [6.45, 7) is 2.04. The lowest BCUT2D eigenvalue weighted by atomic mass is 10.1. The first-order valence-corrected chi connectivity index (χ1v) is 7.96. The Labute approximate surface area is 111 Å². The van der Waals surface area contributed by atoms with Crippen LogP contribution in [0.5, 0.6) is 0 Å². The van der Waals surface area contributed by atoms with Crippen molar-refractivity contribution in [3.8, 4) is 0 Å². The van der Waals surface area contributed by atoms with E-state index in [0.29, 0.717) is 6.42 Å². The first-order valence-electron chi connectivity index (χ1n) is 6.25. The van der Waals surface area contributed by atoms with Gasteiger partial charge in [0.1, 0.15) is 23.6 Å². The lowest BCUT2D eigenvalue weighted by molar-refractivity contribution is -0.507. The van der Waals surface area contributed by atoms with Crippen molar-refractivity contribution in [1.82, 2.24) is 5.39 Å². The molecule has 112 valence electrons. The van der Waals surface area contributed by atoms with E-state index in [4.69, 9.17) is 19.9 Å². The third-order valence-electron chi connectivity index (χ3n) is 3.44. The molecule has 0 aromatic carbocycles. The molecule has 0 unspecified atom stereocenters. The standard InChI is InChI=1S/C10H19NO7S/c1-2-3-4-19(14,15)8-6-17-9-7(18-11(12)13)5-16-10(8)9/h7-10,12-13H,2-6H2,1H3/t7-,8+,9-,10-/m1/s1. The fraction of sp³-hybridized carbons (Fsp3) is 1.00. The molecule has 4 atom stereocenters. The number of hydrogen-bond acceptors (Lipinski definition) is 8. The van der Waals surface area contributed by atoms with Gasteiger partial charge in [0, 0.05) is 0 Å². The summed E-state index contributed by atoms with van der Waals surface area (Å²) < 4.78 is 35.1. The lowest BCUT2D eigenvalue weighted by Gasteiger charge is -2.17. The third kappa shape index (κ3) is 3.24. The topological polar surface area (TPSA) is 106 Å². The predicted octanol–water partition coefficient (Wildman–Crippen LogP) is -0.252. The van der Waals surface area contributed by atoms with Crippen LogP contribution >= 0.6 is 0 Å². The highest BCUT2D eigenvalue weighted by Gasteiger charge is 2.53. The van der Waals surface area contributed by atoms with E-state index in [1.54, 1.807) is 0 Å². The summed E-state index contributed by atoms with van der Waals surface area (Å²) in [6.07, 6.45) is -0.504. The maximum Gasteiger partial charge on any atom is 0.158 e. The van der Waals surface area contributed by atoms with Crippen molar-refractivity contribution >= 4 is 9.84 Å². The van der Waals surface area contributed by atoms with E-state index in [2.05, 4.69) is 4.84 Å². The van der Waals surface area contributed by atoms with E-state index in [0.717, 1.165) is 6.42 Å². The summed E-state index contributed by atoms with van der Waals surface area (Å²) >= 11 is 0. The molecule has 0 amide bonds. The second kappa shape index (κ2) is 6.00. The Morgan fingerprint density at radius 1 is 1.26 bits per heavy atom. The molecular weight excluding hydrogens is 278 g/mol. The van der Waals surface area contributed by atoms with Gasteiger partial charge in [-0.2, -0.15) is 0 Å². The number of nitrogens with zero attached hydrogens (tertiary/aromatic N) is 1. The summed E-state index contributed by atoms with van der Waals surface area (Å²) in [5, 5.41) is 16.1. The van der Waals surface area contributed by atoms with Gasteiger partial charge in [0.05, 0.1) is 24.4 Å². The molecule has 19 heavy (non-hydrogen) atoms. The van der Waals surface area contributed by atoms with Gasteiger partial charge in [-0.15, -0.1) is 0 Å². The van der Waals surface area contributed by atoms with Gasteiger partial charge in [0.15, 0.2) is 9.84 Å². The Morgan fingerprint density at radius 2 is 1.95 bits per heavy atom. The Balaban J connectivity index is 2.01. The fourth-order valence-electron chi connectivity index (χ4n) is 2.45. The van der Waals surface area contributed by atoms with E-state index in [1.807, 2.05) is 6.92 Å². The van der Waals surface area contributed by atoms with Crippen LogP contribution in [0, 0.1) is 0 Å². The Morgan fingerprint density at radius 3 is 2.58 bits per heavy atom. The zero-order chi connectivity index (χ0) is 14.0. The second-order valence-corrected chi connectivity index (χ2v) is 7.09. The highest BCUT2D eigenvalue weighted by Crippen LogP contribution is 2.33. The maximum atomic E-state index is 12.2. The molecule has 0 aromatic heterocycles. The summed E-state index contributed by atoms with van der Waals surface area (Å²) in [7, 11) is -3.27. The number of hydrogen-bond donors (Lipinski definition) is 2. The van der Waals surface area contributed by atoms with Gasteiger partial charge in [-0.25, -0.2) is 13.3 Å². The predicted molar refractivity (Wildman–Crippen MR) is 62.2 cm³/mol. The lowest BCUT2D eigenvalue weighted by Crippen LogP contribution is -2.39. The summed E-state index contributed by atoms with van der Waals surface area (Å²) in [6, 6.07) is 0. The van der Waals surface area contributed by atoms with E-state index in [1.165, 1.54) is 0 Å². The molecule has 0 aromatic rings. The van der Waals surface area contributed by atoms with Gasteiger partial charge in [-0.05, 0) is 6.42 Å². The monoisotopic (exact) mass is 297 g/mol. The van der Waals surface area contributed by atoms with Crippen LogP contribution in [0.1, 0.15) is 19.8 Å². The van der Waals surface area contributed by atoms with Crippen molar-refractivity contribution in [2.24, 2.45) is 0 Å². The normalized spacial score (nSPS) is 34.9. The average Bonchev–Trinajstić information content (AvgIpc) is 2.89. The van der Waals surface area contributed by atoms with Gasteiger partial charge in [-0.1, -0.05) is 13.3 Å². The minimum absolute atomic E-state index is 0.0537. The van der Waals surface area contributed by atoms with Crippen LogP contribution < -0.4 is 0 Å². The van der Waals surface area contributed by atoms with Crippen LogP contribution in [-0.2, 0) is 24.1 Å². The number of fused-ring (bicyclic) bond motifs is 1. The van der Waals surface area contributed by atoms with Crippen LogP contribution in [0.2, 0.25) is 0 Å². The van der Waals surface area contributed by atoms with Crippen molar-refractivity contribution in [3.63, 3.8) is 0 Å². The molecular formula is C10H19NO7S. The second-order valence-electron chi connectivity index (χ2n) is 4.75. The van der Waals surface area contributed by atoms with Crippen LogP contribution in [0.4, 0.5) is 0 Å². The molecule has 8 nitrogen and oxygen atoms in total. The zero-order valence-corrected chi connectivity index (χ0v) is 11.5. The Hall–Kier alpha value is -0.290. The maximum absolute atomic E-state index is 12.2. The van der Waals surface area contributed by atoms with Crippen molar-refractivity contribution in [1.29, 1.82) is 0 Å². The van der Waals surface area contributed by atoms with Gasteiger partial charge in [0.25, 0.3) is 0 Å². The van der Waals surface area contributed by atoms with E-state index >= 15 is 0 Å². The van der Waals surface area contributed by atoms with Crippen molar-refractivity contribution in [3.05, 3.63) is 0 Å². The largest absolute Gasteiger partial charge is 0.371 e. The quantitative estimate of drug-likeness (QED) is 0.646. The van der Waals surface area contributed by atoms with Crippen LogP contribution in [0.3, 0.4) is 0 Å². The molecule has 0 radical (unpaired) electrons. The Bertz CT molecular complexity index is 399. The highest BCUT2D eigenvalue weighted by molar-refractivity contribution is 7.92. The minimum Gasteiger partial charge on any atom is -0.371 e. The molecule has 2 fully saturated rings. The molecule has 2 aliphatic heterocycles. The third-order valence-corrected chi connectivity index (χ3v) is 5.62. The molecule has 2 aliphatic rings. The molecule has 2 saturated heterocycles. The van der Waals surface area contributed by atoms with Crippen molar-refractivity contribution in [2.45, 2.75) is 43.3 Å². The Kier molecular flexibility index (Phi) is 4.77. The molecule has 2 N–H and O–H groups in total. The smallest absolute Gasteiger partial charge is 0.158 e. The molecule has 0 spiro atoms. The van der Waals surface area contributed by atoms with Gasteiger partial charge < -0.3 is 9.47 Å². The summed E-state index contributed by atoms with van der Waals surface area (Å²) in [5.41, 5.74) is 0. The molecule has 0 bridgehead atoms. The highest BCUT2D eigenvalue weighted by atomic mass is 32.2. The van der Waals surface area contributed by atoms with Gasteiger partial charge in [-0.3, -0.25) is 10.4 Å². The fourth-order valence-corrected chi connectivity index (χ4v) is 4.37. The minimum atomic E-state index is -3.27. The summed E-state index contributed by atoms with van der Waals surface area (Å²) in [5.74, 6) is 0.113. The average molecular weight is 297 g/mol. The van der Waals surface area contributed by atoms with Gasteiger partial charge in [0.2, 0.25) is 0 Å². The molecule has 2 heterocycles. The number of ether oxygens (including phenoxy) is 2. The SMILES string of the molecule is CCCCS(=O)(=O)[C@H]1CO[C@H]2[C@@H]1OC[C@H]2ON(O)O. The van der Waals surface area contributed by atoms with E-state index in [9.17, 15) is 8.42 Å². The summed E-state index contributed by atoms with van der Waals surface area (Å²) in [4.78, 5) is 4.67. The molecule has 0 aliphatic carbocycles. The molecule has 0 saturated carbocycles. The number of rotatable bonds is 6. The van der Waals surface area contributed by atoms with Crippen molar-refractivity contribution in [2.75, 3.05) is 19.0 Å². The number of sulfone groups is 1. The van der Waals surface area contributed by atoms with E-state index < -0.39 is 38.8 Å². The first-order chi connectivity index (χ1) is 8.95. The zero-order valence-electron chi connectivity index (χ0n) is 10.6. The first kappa shape index (κ1) is 15.1. The van der Waals surface area contributed by atoms with Crippen LogP contribution in [-0.4, -0.2) is 66.8 Å². The molecule has 2 rings (SSSR count). The van der Waals surface area contributed by atoms with Crippen LogP contribution in [0.15, 0.2) is 0 Å². The van der Waals surface area contributed by atoms with Crippen LogP contribution in [0.25, 0.3) is 0 Å². The van der Waals surface area contributed by atoms with Gasteiger partial charge >= 0.3 is 0 Å². The molecule has 9 heteroatoms. The number of unbranched alkanes of at least 4 members (excludes halogenated alkanes) is 1. The van der Waals surface area contributed by atoms with Crippen molar-refractivity contribution < 1.29 is 33.1 Å². The van der Waals surface area contributed by atoms with E-state index in [-0.39, 0.29) is 19.0 Å².